The van der Waals surface area contributed by atoms with E-state index >= 15 is 0 Å². The van der Waals surface area contributed by atoms with E-state index in [9.17, 15) is 0 Å². The molecule has 0 bridgehead atoms. The first kappa shape index (κ1) is 10.6. The molecule has 2 unspecified atom stereocenters. The zero-order chi connectivity index (χ0) is 10.7. The fourth-order valence-electron chi connectivity index (χ4n) is 2.40. The van der Waals surface area contributed by atoms with Crippen LogP contribution in [0.3, 0.4) is 0 Å². The predicted molar refractivity (Wildman–Crippen MR) is 59.5 cm³/mol. The first-order valence-electron chi connectivity index (χ1n) is 5.85. The van der Waals surface area contributed by atoms with Crippen LogP contribution in [0.2, 0.25) is 0 Å². The van der Waals surface area contributed by atoms with Gasteiger partial charge in [0.25, 0.3) is 0 Å². The van der Waals surface area contributed by atoms with Crippen LogP contribution in [0.25, 0.3) is 0 Å². The Morgan fingerprint density at radius 3 is 3.13 bits per heavy atom. The maximum atomic E-state index is 4.22. The highest BCUT2D eigenvalue weighted by molar-refractivity contribution is 4.93. The number of nitrogens with zero attached hydrogens (tertiary/aromatic N) is 3. The number of nitrogens with one attached hydrogen (secondary N) is 1. The maximum Gasteiger partial charge on any atom is 0.0964 e. The highest BCUT2D eigenvalue weighted by Gasteiger charge is 2.21. The van der Waals surface area contributed by atoms with Gasteiger partial charge in [0.2, 0.25) is 0 Å². The predicted octanol–water partition coefficient (Wildman–Crippen LogP) is 1.75. The molecule has 2 atom stereocenters. The number of aromatic nitrogens is 3. The summed E-state index contributed by atoms with van der Waals surface area (Å²) in [5.74, 6) is 0.834. The first-order chi connectivity index (χ1) is 7.29. The standard InChI is InChI=1S/C11H20N4/c1-9-4-3-5-11(6-9)15-8-10(7-12-2)13-14-15/h8-9,11-12H,3-7H2,1-2H3. The van der Waals surface area contributed by atoms with Gasteiger partial charge in [-0.3, -0.25) is 0 Å². The summed E-state index contributed by atoms with van der Waals surface area (Å²) in [4.78, 5) is 0. The molecule has 0 aliphatic heterocycles. The van der Waals surface area contributed by atoms with Crippen LogP contribution >= 0.6 is 0 Å². The van der Waals surface area contributed by atoms with Crippen LogP contribution in [-0.2, 0) is 6.54 Å². The molecular weight excluding hydrogens is 188 g/mol. The van der Waals surface area contributed by atoms with Gasteiger partial charge < -0.3 is 5.32 Å². The van der Waals surface area contributed by atoms with E-state index in [-0.39, 0.29) is 0 Å². The lowest BCUT2D eigenvalue weighted by molar-refractivity contribution is 0.263. The molecule has 1 saturated carbocycles. The van der Waals surface area contributed by atoms with E-state index in [2.05, 4.69) is 33.4 Å². The monoisotopic (exact) mass is 208 g/mol. The number of rotatable bonds is 3. The largest absolute Gasteiger partial charge is 0.314 e. The van der Waals surface area contributed by atoms with Gasteiger partial charge in [-0.15, -0.1) is 5.10 Å². The van der Waals surface area contributed by atoms with E-state index in [4.69, 9.17) is 0 Å². The van der Waals surface area contributed by atoms with Crippen molar-refractivity contribution in [1.29, 1.82) is 0 Å². The Balaban J connectivity index is 2.01. The van der Waals surface area contributed by atoms with Crippen molar-refractivity contribution < 1.29 is 0 Å². The normalized spacial score (nSPS) is 26.8. The summed E-state index contributed by atoms with van der Waals surface area (Å²) < 4.78 is 2.06. The van der Waals surface area contributed by atoms with Gasteiger partial charge in [0.15, 0.2) is 0 Å². The Morgan fingerprint density at radius 2 is 2.40 bits per heavy atom. The Kier molecular flexibility index (Phi) is 3.36. The minimum atomic E-state index is 0.576. The van der Waals surface area contributed by atoms with E-state index in [0.29, 0.717) is 6.04 Å². The Bertz CT molecular complexity index is 307. The summed E-state index contributed by atoms with van der Waals surface area (Å²) >= 11 is 0. The molecular formula is C11H20N4. The van der Waals surface area contributed by atoms with Crippen molar-refractivity contribution in [2.24, 2.45) is 5.92 Å². The number of hydrogen-bond donors (Lipinski definition) is 1. The smallest absolute Gasteiger partial charge is 0.0964 e. The maximum absolute atomic E-state index is 4.22. The second-order valence-electron chi connectivity index (χ2n) is 4.65. The third-order valence-electron chi connectivity index (χ3n) is 3.20. The molecule has 4 heteroatoms. The summed E-state index contributed by atoms with van der Waals surface area (Å²) in [6.45, 7) is 3.14. The lowest BCUT2D eigenvalue weighted by Gasteiger charge is -2.26. The van der Waals surface area contributed by atoms with E-state index in [0.717, 1.165) is 18.2 Å². The van der Waals surface area contributed by atoms with Crippen molar-refractivity contribution in [3.05, 3.63) is 11.9 Å². The molecule has 4 nitrogen and oxygen atoms in total. The van der Waals surface area contributed by atoms with Crippen LogP contribution < -0.4 is 5.32 Å². The molecule has 0 radical (unpaired) electrons. The van der Waals surface area contributed by atoms with Gasteiger partial charge >= 0.3 is 0 Å². The highest BCUT2D eigenvalue weighted by atomic mass is 15.4. The molecule has 0 amide bonds. The van der Waals surface area contributed by atoms with Crippen LogP contribution in [0.15, 0.2) is 6.20 Å². The molecule has 15 heavy (non-hydrogen) atoms. The van der Waals surface area contributed by atoms with Gasteiger partial charge in [-0.2, -0.15) is 0 Å². The second kappa shape index (κ2) is 4.75. The molecule has 1 N–H and O–H groups in total. The Labute approximate surface area is 91.1 Å². The molecule has 0 spiro atoms. The first-order valence-corrected chi connectivity index (χ1v) is 5.85. The van der Waals surface area contributed by atoms with Crippen molar-refractivity contribution in [2.75, 3.05) is 7.05 Å². The van der Waals surface area contributed by atoms with Crippen molar-refractivity contribution in [2.45, 2.75) is 45.2 Å². The van der Waals surface area contributed by atoms with Gasteiger partial charge in [-0.1, -0.05) is 25.0 Å². The second-order valence-corrected chi connectivity index (χ2v) is 4.65. The molecule has 1 heterocycles. The molecule has 0 aromatic carbocycles. The molecule has 2 rings (SSSR count). The quantitative estimate of drug-likeness (QED) is 0.823. The van der Waals surface area contributed by atoms with Crippen LogP contribution in [0.5, 0.6) is 0 Å². The third kappa shape index (κ3) is 2.56. The molecule has 1 aliphatic rings. The SMILES string of the molecule is CNCc1cn(C2CCCC(C)C2)nn1. The van der Waals surface area contributed by atoms with Gasteiger partial charge in [0, 0.05) is 6.54 Å². The van der Waals surface area contributed by atoms with E-state index in [1.54, 1.807) is 0 Å². The average Bonchev–Trinajstić information content (AvgIpc) is 2.67. The van der Waals surface area contributed by atoms with E-state index in [1.165, 1.54) is 25.7 Å². The molecule has 1 aromatic heterocycles. The van der Waals surface area contributed by atoms with Crippen LogP contribution in [0.1, 0.15) is 44.3 Å². The number of hydrogen-bond acceptors (Lipinski definition) is 3. The van der Waals surface area contributed by atoms with Crippen LogP contribution in [-0.4, -0.2) is 22.0 Å². The summed E-state index contributed by atoms with van der Waals surface area (Å²) in [7, 11) is 1.93. The topological polar surface area (TPSA) is 42.7 Å². The van der Waals surface area contributed by atoms with Crippen molar-refractivity contribution in [3.63, 3.8) is 0 Å². The average molecular weight is 208 g/mol. The van der Waals surface area contributed by atoms with Gasteiger partial charge in [0.1, 0.15) is 0 Å². The zero-order valence-electron chi connectivity index (χ0n) is 9.61. The van der Waals surface area contributed by atoms with Crippen LogP contribution in [0.4, 0.5) is 0 Å². The third-order valence-corrected chi connectivity index (χ3v) is 3.20. The van der Waals surface area contributed by atoms with Gasteiger partial charge in [-0.05, 0) is 25.8 Å². The van der Waals surface area contributed by atoms with Gasteiger partial charge in [-0.25, -0.2) is 4.68 Å². The minimum Gasteiger partial charge on any atom is -0.314 e. The van der Waals surface area contributed by atoms with Gasteiger partial charge in [0.05, 0.1) is 17.9 Å². The zero-order valence-corrected chi connectivity index (χ0v) is 9.61. The lowest BCUT2D eigenvalue weighted by Crippen LogP contribution is -2.18. The van der Waals surface area contributed by atoms with Crippen molar-refractivity contribution >= 4 is 0 Å². The molecule has 1 fully saturated rings. The summed E-state index contributed by atoms with van der Waals surface area (Å²) in [5.41, 5.74) is 1.04. The van der Waals surface area contributed by atoms with E-state index < -0.39 is 0 Å². The molecule has 0 saturated heterocycles. The molecule has 1 aliphatic carbocycles. The minimum absolute atomic E-state index is 0.576. The summed E-state index contributed by atoms with van der Waals surface area (Å²) in [6, 6.07) is 0.576. The summed E-state index contributed by atoms with van der Waals surface area (Å²) in [6.07, 6.45) is 7.29. The lowest BCUT2D eigenvalue weighted by atomic mass is 9.87. The molecule has 1 aromatic rings. The highest BCUT2D eigenvalue weighted by Crippen LogP contribution is 2.31. The van der Waals surface area contributed by atoms with E-state index in [1.807, 2.05) is 7.05 Å². The van der Waals surface area contributed by atoms with Crippen molar-refractivity contribution in [1.82, 2.24) is 20.3 Å². The Morgan fingerprint density at radius 1 is 1.53 bits per heavy atom. The fraction of sp³-hybridized carbons (Fsp3) is 0.818. The summed E-state index contributed by atoms with van der Waals surface area (Å²) in [5, 5.41) is 11.5. The van der Waals surface area contributed by atoms with Crippen molar-refractivity contribution in [3.8, 4) is 0 Å². The Hall–Kier alpha value is -0.900. The molecule has 84 valence electrons. The van der Waals surface area contributed by atoms with Crippen LogP contribution in [0, 0.1) is 5.92 Å². The fourth-order valence-corrected chi connectivity index (χ4v) is 2.40.